The van der Waals surface area contributed by atoms with Crippen molar-refractivity contribution in [3.05, 3.63) is 28.2 Å². The summed E-state index contributed by atoms with van der Waals surface area (Å²) >= 11 is 3.35. The Balaban J connectivity index is 3.18. The number of hydrogen-bond acceptors (Lipinski definition) is 4. The van der Waals surface area contributed by atoms with Gasteiger partial charge in [0.15, 0.2) is 0 Å². The van der Waals surface area contributed by atoms with Crippen LogP contribution in [0.5, 0.6) is 0 Å². The Bertz CT molecular complexity index is 576. The Hall–Kier alpha value is -0.470. The van der Waals surface area contributed by atoms with Crippen molar-refractivity contribution in [3.8, 4) is 0 Å². The van der Waals surface area contributed by atoms with E-state index in [9.17, 15) is 8.42 Å². The largest absolute Gasteiger partial charge is 0.326 e. The maximum atomic E-state index is 12.9. The fraction of sp³-hybridized carbons (Fsp3) is 0.571. The summed E-state index contributed by atoms with van der Waals surface area (Å²) in [5.41, 5.74) is 6.47. The van der Waals surface area contributed by atoms with Crippen molar-refractivity contribution in [1.29, 1.82) is 0 Å². The molecule has 1 aromatic carbocycles. The van der Waals surface area contributed by atoms with E-state index in [1.165, 1.54) is 4.31 Å². The lowest BCUT2D eigenvalue weighted by molar-refractivity contribution is 0.271. The van der Waals surface area contributed by atoms with Crippen LogP contribution in [0.4, 0.5) is 0 Å². The molecule has 0 radical (unpaired) electrons. The van der Waals surface area contributed by atoms with Crippen LogP contribution >= 0.6 is 15.9 Å². The molecule has 0 amide bonds. The Kier molecular flexibility index (Phi) is 6.80. The average Bonchev–Trinajstić information content (AvgIpc) is 2.37. The van der Waals surface area contributed by atoms with Gasteiger partial charge in [0, 0.05) is 30.1 Å². The Labute approximate surface area is 136 Å². The lowest BCUT2D eigenvalue weighted by atomic mass is 10.2. The molecule has 0 aliphatic heterocycles. The quantitative estimate of drug-likeness (QED) is 0.787. The first-order chi connectivity index (χ1) is 9.73. The molecule has 1 aromatic rings. The molecular weight excluding hydrogens is 354 g/mol. The van der Waals surface area contributed by atoms with E-state index >= 15 is 0 Å². The maximum absolute atomic E-state index is 12.9. The summed E-state index contributed by atoms with van der Waals surface area (Å²) in [4.78, 5) is 2.27. The summed E-state index contributed by atoms with van der Waals surface area (Å²) in [5, 5.41) is 0. The number of hydrogen-bond donors (Lipinski definition) is 1. The molecule has 21 heavy (non-hydrogen) atoms. The average molecular weight is 378 g/mol. The van der Waals surface area contributed by atoms with Crippen molar-refractivity contribution < 1.29 is 8.42 Å². The van der Waals surface area contributed by atoms with Crippen molar-refractivity contribution in [1.82, 2.24) is 9.21 Å². The van der Waals surface area contributed by atoms with Gasteiger partial charge in [-0.1, -0.05) is 13.0 Å². The summed E-state index contributed by atoms with van der Waals surface area (Å²) in [6.45, 7) is 5.26. The highest BCUT2D eigenvalue weighted by molar-refractivity contribution is 9.10. The smallest absolute Gasteiger partial charge is 0.244 e. The highest BCUT2D eigenvalue weighted by atomic mass is 79.9. The maximum Gasteiger partial charge on any atom is 0.244 e. The van der Waals surface area contributed by atoms with E-state index in [-0.39, 0.29) is 10.9 Å². The third kappa shape index (κ3) is 4.50. The first kappa shape index (κ1) is 18.6. The van der Waals surface area contributed by atoms with Gasteiger partial charge in [0.1, 0.15) is 0 Å². The van der Waals surface area contributed by atoms with Crippen LogP contribution in [0, 0.1) is 0 Å². The van der Waals surface area contributed by atoms with Crippen LogP contribution in [0.2, 0.25) is 0 Å². The molecule has 0 saturated carbocycles. The first-order valence-electron chi connectivity index (χ1n) is 6.89. The van der Waals surface area contributed by atoms with Gasteiger partial charge in [-0.15, -0.1) is 0 Å². The van der Waals surface area contributed by atoms with E-state index < -0.39 is 10.0 Å². The number of nitrogens with two attached hydrogens (primary N) is 1. The lowest BCUT2D eigenvalue weighted by Gasteiger charge is -2.29. The molecular formula is C14H24BrN3O2S. The molecule has 0 fully saturated rings. The van der Waals surface area contributed by atoms with E-state index in [0.29, 0.717) is 24.1 Å². The van der Waals surface area contributed by atoms with Gasteiger partial charge in [-0.05, 0) is 54.6 Å². The third-order valence-electron chi connectivity index (χ3n) is 3.25. The summed E-state index contributed by atoms with van der Waals surface area (Å²) < 4.78 is 27.8. The van der Waals surface area contributed by atoms with E-state index in [0.717, 1.165) is 5.56 Å². The van der Waals surface area contributed by atoms with Crippen LogP contribution in [0.3, 0.4) is 0 Å². The van der Waals surface area contributed by atoms with Gasteiger partial charge in [0.25, 0.3) is 0 Å². The summed E-state index contributed by atoms with van der Waals surface area (Å²) in [7, 11) is 0.334. The molecule has 1 unspecified atom stereocenters. The molecule has 2 N–H and O–H groups in total. The number of rotatable bonds is 7. The SMILES string of the molecule is CCN(C(C)CN(C)C)S(=O)(=O)c1ccc(CN)cc1Br. The molecule has 0 aromatic heterocycles. The number of likely N-dealkylation sites (N-methyl/N-ethyl adjacent to an activating group) is 2. The molecule has 5 nitrogen and oxygen atoms in total. The van der Waals surface area contributed by atoms with E-state index in [2.05, 4.69) is 15.9 Å². The highest BCUT2D eigenvalue weighted by Crippen LogP contribution is 2.27. The zero-order valence-electron chi connectivity index (χ0n) is 13.0. The van der Waals surface area contributed by atoms with Gasteiger partial charge in [0.2, 0.25) is 10.0 Å². The summed E-state index contributed by atoms with van der Waals surface area (Å²) in [5.74, 6) is 0. The van der Waals surface area contributed by atoms with Crippen molar-refractivity contribution in [2.24, 2.45) is 5.73 Å². The minimum atomic E-state index is -3.53. The zero-order valence-corrected chi connectivity index (χ0v) is 15.4. The highest BCUT2D eigenvalue weighted by Gasteiger charge is 2.29. The van der Waals surface area contributed by atoms with Crippen LogP contribution in [-0.2, 0) is 16.6 Å². The third-order valence-corrected chi connectivity index (χ3v) is 6.32. The number of benzene rings is 1. The van der Waals surface area contributed by atoms with Crippen LogP contribution in [0.15, 0.2) is 27.6 Å². The van der Waals surface area contributed by atoms with Crippen LogP contribution in [0.1, 0.15) is 19.4 Å². The van der Waals surface area contributed by atoms with Gasteiger partial charge < -0.3 is 10.6 Å². The van der Waals surface area contributed by atoms with Crippen molar-refractivity contribution in [3.63, 3.8) is 0 Å². The van der Waals surface area contributed by atoms with Gasteiger partial charge in [0.05, 0.1) is 4.90 Å². The van der Waals surface area contributed by atoms with Crippen LogP contribution in [-0.4, -0.2) is 50.8 Å². The fourth-order valence-electron chi connectivity index (χ4n) is 2.34. The molecule has 0 saturated heterocycles. The predicted octanol–water partition coefficient (Wildman–Crippen LogP) is 1.87. The Morgan fingerprint density at radius 2 is 1.95 bits per heavy atom. The Morgan fingerprint density at radius 1 is 1.33 bits per heavy atom. The van der Waals surface area contributed by atoms with Crippen molar-refractivity contribution in [2.75, 3.05) is 27.2 Å². The summed E-state index contributed by atoms with van der Waals surface area (Å²) in [6, 6.07) is 5.03. The number of sulfonamides is 1. The topological polar surface area (TPSA) is 66.6 Å². The standard InChI is InChI=1S/C14H24BrN3O2S/c1-5-18(11(2)10-17(3)4)21(19,20)14-7-6-12(9-16)8-13(14)15/h6-8,11H,5,9-10,16H2,1-4H3. The number of halogens is 1. The minimum Gasteiger partial charge on any atom is -0.326 e. The van der Waals surface area contributed by atoms with Crippen molar-refractivity contribution >= 4 is 26.0 Å². The first-order valence-corrected chi connectivity index (χ1v) is 9.12. The summed E-state index contributed by atoms with van der Waals surface area (Å²) in [6.07, 6.45) is 0. The van der Waals surface area contributed by atoms with Crippen molar-refractivity contribution in [2.45, 2.75) is 31.3 Å². The Morgan fingerprint density at radius 3 is 2.38 bits per heavy atom. The van der Waals surface area contributed by atoms with Gasteiger partial charge in [-0.2, -0.15) is 4.31 Å². The molecule has 0 bridgehead atoms. The predicted molar refractivity (Wildman–Crippen MR) is 89.6 cm³/mol. The molecule has 0 aliphatic rings. The second-order valence-corrected chi connectivity index (χ2v) is 8.00. The van der Waals surface area contributed by atoms with E-state index in [1.54, 1.807) is 18.2 Å². The fourth-order valence-corrected chi connectivity index (χ4v) is 5.06. The molecule has 120 valence electrons. The van der Waals surface area contributed by atoms with Gasteiger partial charge >= 0.3 is 0 Å². The zero-order chi connectivity index (χ0) is 16.2. The lowest BCUT2D eigenvalue weighted by Crippen LogP contribution is -2.43. The molecule has 1 rings (SSSR count). The van der Waals surface area contributed by atoms with Gasteiger partial charge in [-0.25, -0.2) is 8.42 Å². The molecule has 1 atom stereocenters. The number of nitrogens with zero attached hydrogens (tertiary/aromatic N) is 2. The van der Waals surface area contributed by atoms with E-state index in [1.807, 2.05) is 32.8 Å². The minimum absolute atomic E-state index is 0.101. The van der Waals surface area contributed by atoms with E-state index in [4.69, 9.17) is 5.73 Å². The normalized spacial score (nSPS) is 13.9. The monoisotopic (exact) mass is 377 g/mol. The van der Waals surface area contributed by atoms with Crippen LogP contribution in [0.25, 0.3) is 0 Å². The van der Waals surface area contributed by atoms with Crippen LogP contribution < -0.4 is 5.73 Å². The second kappa shape index (κ2) is 7.69. The second-order valence-electron chi connectivity index (χ2n) is 5.29. The molecule has 0 spiro atoms. The molecule has 0 aliphatic carbocycles. The molecule has 0 heterocycles. The van der Waals surface area contributed by atoms with Gasteiger partial charge in [-0.3, -0.25) is 0 Å². The molecule has 7 heteroatoms.